The summed E-state index contributed by atoms with van der Waals surface area (Å²) in [4.78, 5) is 48.0. The molecular weight excluding hydrogens is 926 g/mol. The Bertz CT molecular complexity index is 602. The molecule has 23 heteroatoms. The van der Waals surface area contributed by atoms with E-state index in [-0.39, 0.29) is 51.9 Å². The van der Waals surface area contributed by atoms with Crippen molar-refractivity contribution in [2.45, 2.75) is 149 Å². The molecule has 1 N–H and O–H groups in total. The predicted molar refractivity (Wildman–Crippen MR) is 235 cm³/mol. The normalized spacial score (nSPS) is 10.1. The maximum atomic E-state index is 10.9. The second-order valence-corrected chi connectivity index (χ2v) is 18.7. The molecule has 0 bridgehead atoms. The van der Waals surface area contributed by atoms with Crippen molar-refractivity contribution in [2.75, 3.05) is 34.5 Å². The summed E-state index contributed by atoms with van der Waals surface area (Å²) in [7, 11) is 1.51. The SMILES string of the molecule is CCCCCCC(CCCC)[C](O)([SbH2])CCCCCC.CC[S+](CC)CC.CC[S+](CC)CC.O=N[O-].O=N[O-].O=N[O-].O=N[O-].O=N[O-].O=N[O-].[H-].[H-].[Sr+2]. The summed E-state index contributed by atoms with van der Waals surface area (Å²) >= 11 is 1.02. The monoisotopic (exact) mass is 996 g/mol. The molecule has 0 aromatic heterocycles. The van der Waals surface area contributed by atoms with Gasteiger partial charge in [0, 0.05) is 0 Å². The summed E-state index contributed by atoms with van der Waals surface area (Å²) in [6, 6.07) is 0. The van der Waals surface area contributed by atoms with Gasteiger partial charge in [0.25, 0.3) is 0 Å². The quantitative estimate of drug-likeness (QED) is 0.0390. The molecule has 0 aromatic carbocycles. The first-order valence-corrected chi connectivity index (χ1v) is 22.4. The third-order valence-corrected chi connectivity index (χ3v) is 14.0. The Morgan fingerprint density at radius 3 is 0.925 bits per heavy atom. The molecule has 0 rings (SSSR count). The van der Waals surface area contributed by atoms with Crippen LogP contribution in [-0.4, -0.2) is 112 Å². The van der Waals surface area contributed by atoms with Crippen molar-refractivity contribution in [1.82, 2.24) is 0 Å². The largest absolute Gasteiger partial charge is 2.00 e. The third-order valence-electron chi connectivity index (χ3n) is 6.90. The Morgan fingerprint density at radius 2 is 0.717 bits per heavy atom. The van der Waals surface area contributed by atoms with Crippen molar-refractivity contribution in [3.05, 3.63) is 60.7 Å². The molecule has 2 atom stereocenters. The summed E-state index contributed by atoms with van der Waals surface area (Å²) in [5.74, 6) is 8.86. The fraction of sp³-hybridized carbons (Fsp3) is 1.00. The Labute approximate surface area is 377 Å². The van der Waals surface area contributed by atoms with E-state index in [0.29, 0.717) is 5.92 Å². The Morgan fingerprint density at radius 1 is 0.491 bits per heavy atom. The van der Waals surface area contributed by atoms with E-state index in [0.717, 1.165) is 83.3 Å². The van der Waals surface area contributed by atoms with Crippen LogP contribution in [-0.2, 0) is 21.8 Å². The molecule has 0 fully saturated rings. The second-order valence-electron chi connectivity index (χ2n) is 9.89. The van der Waals surface area contributed by atoms with E-state index in [1.54, 1.807) is 0 Å². The number of hydrogen-bond acceptors (Lipinski definition) is 19. The molecule has 0 spiro atoms. The van der Waals surface area contributed by atoms with Gasteiger partial charge in [0.2, 0.25) is 0 Å². The molecule has 0 amide bonds. The number of aliphatic hydroxyl groups is 1. The van der Waals surface area contributed by atoms with E-state index in [2.05, 4.69) is 62.3 Å². The van der Waals surface area contributed by atoms with E-state index in [1.807, 2.05) is 0 Å². The van der Waals surface area contributed by atoms with Gasteiger partial charge in [0.1, 0.15) is 34.5 Å². The number of rotatable bonds is 20. The summed E-state index contributed by atoms with van der Waals surface area (Å²) in [5.41, 5.74) is 0. The average Bonchev–Trinajstić information content (AvgIpc) is 3.11. The van der Waals surface area contributed by atoms with E-state index in [1.165, 1.54) is 112 Å². The van der Waals surface area contributed by atoms with Crippen LogP contribution in [0.1, 0.15) is 149 Å². The molecule has 53 heavy (non-hydrogen) atoms. The number of hydrogen-bond donors (Lipinski definition) is 1. The van der Waals surface area contributed by atoms with Gasteiger partial charge in [0.15, 0.2) is 0 Å². The second kappa shape index (κ2) is 84.1. The first kappa shape index (κ1) is 77.0. The molecule has 322 valence electrons. The molecule has 0 aromatic rings. The molecule has 2 unspecified atom stereocenters. The van der Waals surface area contributed by atoms with Gasteiger partial charge >= 0.3 is 187 Å². The van der Waals surface area contributed by atoms with Gasteiger partial charge in [-0.25, -0.2) is 0 Å². The van der Waals surface area contributed by atoms with Crippen molar-refractivity contribution in [3.63, 3.8) is 0 Å². The summed E-state index contributed by atoms with van der Waals surface area (Å²) < 4.78 is -0.305. The molecule has 0 heterocycles. The van der Waals surface area contributed by atoms with Crippen LogP contribution in [0.4, 0.5) is 0 Å². The van der Waals surface area contributed by atoms with Crippen molar-refractivity contribution in [2.24, 2.45) is 38.0 Å². The zero-order valence-corrected chi connectivity index (χ0v) is 42.0. The molecule has 0 radical (unpaired) electrons. The van der Waals surface area contributed by atoms with E-state index in [9.17, 15) is 5.11 Å². The van der Waals surface area contributed by atoms with Crippen LogP contribution in [0.3, 0.4) is 0 Å². The van der Waals surface area contributed by atoms with Crippen LogP contribution in [0, 0.1) is 66.6 Å². The fourth-order valence-electron chi connectivity index (χ4n) is 4.18. The Balaban J connectivity index is -0.0000000440. The molecule has 0 aliphatic rings. The maximum Gasteiger partial charge on any atom is 2.00 e. The van der Waals surface area contributed by atoms with Crippen molar-refractivity contribution in [1.29, 1.82) is 0 Å². The Hall–Kier alpha value is -0.641. The summed E-state index contributed by atoms with van der Waals surface area (Å²) in [5, 5.41) is 64.9. The number of unbranched alkanes of at least 4 members (excludes halogenated alkanes) is 7. The van der Waals surface area contributed by atoms with Gasteiger partial charge < -0.3 is 63.5 Å². The van der Waals surface area contributed by atoms with Crippen LogP contribution in [0.2, 0.25) is 0 Å². The fourth-order valence-corrected chi connectivity index (χ4v) is 8.16. The molecule has 0 aliphatic carbocycles. The van der Waals surface area contributed by atoms with Crippen LogP contribution in [0.5, 0.6) is 0 Å². The van der Waals surface area contributed by atoms with Crippen LogP contribution >= 0.6 is 0 Å². The van der Waals surface area contributed by atoms with Gasteiger partial charge in [-0.1, -0.05) is 0 Å². The zero-order chi connectivity index (χ0) is 42.9. The van der Waals surface area contributed by atoms with E-state index < -0.39 is 0 Å². The molecular formula is C30H71N6O13S2SbSr-4. The summed E-state index contributed by atoms with van der Waals surface area (Å²) in [6.45, 7) is 20.4. The minimum atomic E-state index is -0.305. The maximum absolute atomic E-state index is 10.9. The first-order chi connectivity index (χ1) is 24.8. The minimum absolute atomic E-state index is 0. The van der Waals surface area contributed by atoms with Crippen molar-refractivity contribution in [3.8, 4) is 0 Å². The van der Waals surface area contributed by atoms with Gasteiger partial charge in [-0.05, 0) is 63.3 Å². The third kappa shape index (κ3) is 106. The van der Waals surface area contributed by atoms with Crippen LogP contribution < -0.4 is 0 Å². The topological polar surface area (TPSA) is 335 Å². The zero-order valence-electron chi connectivity index (χ0n) is 35.6. The molecule has 0 aliphatic heterocycles. The minimum Gasteiger partial charge on any atom is -1.00 e. The molecule has 0 saturated carbocycles. The van der Waals surface area contributed by atoms with Gasteiger partial charge in [-0.15, -0.1) is 32.0 Å². The predicted octanol–water partition coefficient (Wildman–Crippen LogP) is 9.73. The van der Waals surface area contributed by atoms with Gasteiger partial charge in [-0.3, -0.25) is 0 Å². The number of nitrogens with zero attached hydrogens (tertiary/aromatic N) is 6. The average molecular weight is 997 g/mol. The van der Waals surface area contributed by atoms with Crippen molar-refractivity contribution >= 4 is 90.3 Å². The first-order valence-electron chi connectivity index (χ1n) is 17.3. The van der Waals surface area contributed by atoms with Gasteiger partial charge in [-0.2, -0.15) is 0 Å². The van der Waals surface area contributed by atoms with Crippen LogP contribution in [0.25, 0.3) is 0 Å². The van der Waals surface area contributed by atoms with Crippen LogP contribution in [0.15, 0.2) is 32.0 Å². The van der Waals surface area contributed by atoms with E-state index >= 15 is 0 Å². The van der Waals surface area contributed by atoms with E-state index in [4.69, 9.17) is 60.7 Å². The van der Waals surface area contributed by atoms with Crippen molar-refractivity contribution < 1.29 is 7.96 Å². The molecule has 19 nitrogen and oxygen atoms in total. The summed E-state index contributed by atoms with van der Waals surface area (Å²) in [6.07, 6.45) is 16.6. The molecule has 0 saturated heterocycles. The smallest absolute Gasteiger partial charge is 1.00 e. The van der Waals surface area contributed by atoms with Gasteiger partial charge in [0.05, 0.1) is 0 Å². The standard InChI is InChI=1S/C18H37O.2C6H15S.6HNO2.Sb.Sr.4H/c1-4-7-10-12-15-17(14-9-6-3)18(19)16-13-11-8-5-2;2*1-4-7(5-2)6-3;6*2-1-3;;;;;;/h17,19H,4-16H2,1-3H3;2*4-6H2,1-3H3;6*(H,2,3);;;;;;/q;2*+1;;;;;;;;+2;;;2*-1/p-6. The Kier molecular flexibility index (Phi) is 122.